The first-order valence-electron chi connectivity index (χ1n) is 3.12. The van der Waals surface area contributed by atoms with E-state index in [-0.39, 0.29) is 12.5 Å². The molecule has 1 unspecified atom stereocenters. The van der Waals surface area contributed by atoms with Gasteiger partial charge in [0.2, 0.25) is 0 Å². The molecule has 58 valence electrons. The van der Waals surface area contributed by atoms with Crippen LogP contribution >= 0.6 is 15.9 Å². The molecule has 0 aliphatic carbocycles. The minimum absolute atomic E-state index is 0.278. The fourth-order valence-electron chi connectivity index (χ4n) is 0.727. The normalized spacial score (nSPS) is 12.5. The number of nitriles is 1. The van der Waals surface area contributed by atoms with E-state index in [0.717, 1.165) is 0 Å². The number of hydrogen-bond acceptors (Lipinski definition) is 3. The van der Waals surface area contributed by atoms with Crippen molar-refractivity contribution >= 4 is 15.9 Å². The maximum absolute atomic E-state index is 8.32. The van der Waals surface area contributed by atoms with Crippen molar-refractivity contribution in [3.63, 3.8) is 0 Å². The summed E-state index contributed by atoms with van der Waals surface area (Å²) in [6, 6.07) is 5.17. The van der Waals surface area contributed by atoms with Gasteiger partial charge in [0.25, 0.3) is 0 Å². The molecular weight excluding hydrogens is 208 g/mol. The second-order valence-electron chi connectivity index (χ2n) is 2.11. The smallest absolute Gasteiger partial charge is 0.169 e. The summed E-state index contributed by atoms with van der Waals surface area (Å²) in [6.07, 6.45) is 0.278. The number of nitrogens with two attached hydrogens (primary N) is 1. The van der Waals surface area contributed by atoms with E-state index in [9.17, 15) is 0 Å². The quantitative estimate of drug-likeness (QED) is 0.819. The Balaban J connectivity index is 2.70. The van der Waals surface area contributed by atoms with Crippen LogP contribution in [0.25, 0.3) is 0 Å². The van der Waals surface area contributed by atoms with Gasteiger partial charge in [-0.15, -0.1) is 0 Å². The standard InChI is InChI=1S/C7H7BrN2O/c8-7-2-1-6(11-7)5(10)3-4-9/h1-2,5H,3,10H2. The van der Waals surface area contributed by atoms with Crippen molar-refractivity contribution in [1.82, 2.24) is 0 Å². The van der Waals surface area contributed by atoms with Gasteiger partial charge in [-0.05, 0) is 28.1 Å². The zero-order chi connectivity index (χ0) is 8.27. The van der Waals surface area contributed by atoms with E-state index in [4.69, 9.17) is 15.4 Å². The van der Waals surface area contributed by atoms with Crippen LogP contribution in [0.3, 0.4) is 0 Å². The molecular formula is C7H7BrN2O. The first-order chi connectivity index (χ1) is 5.24. The minimum atomic E-state index is -0.314. The van der Waals surface area contributed by atoms with Crippen molar-refractivity contribution < 1.29 is 4.42 Å². The van der Waals surface area contributed by atoms with Crippen LogP contribution in [0.15, 0.2) is 21.2 Å². The highest BCUT2D eigenvalue weighted by Gasteiger charge is 2.08. The topological polar surface area (TPSA) is 63.0 Å². The van der Waals surface area contributed by atoms with E-state index in [1.807, 2.05) is 6.07 Å². The lowest BCUT2D eigenvalue weighted by Gasteiger charge is -2.00. The van der Waals surface area contributed by atoms with Crippen molar-refractivity contribution in [3.05, 3.63) is 22.6 Å². The summed E-state index contributed by atoms with van der Waals surface area (Å²) in [4.78, 5) is 0. The molecule has 0 saturated carbocycles. The third-order valence-corrected chi connectivity index (χ3v) is 1.70. The Labute approximate surface area is 72.9 Å². The molecule has 1 aromatic heterocycles. The first-order valence-corrected chi connectivity index (χ1v) is 3.91. The SMILES string of the molecule is N#CCC(N)c1ccc(Br)o1. The van der Waals surface area contributed by atoms with Crippen molar-refractivity contribution in [3.8, 4) is 6.07 Å². The van der Waals surface area contributed by atoms with Gasteiger partial charge in [0.05, 0.1) is 18.5 Å². The summed E-state index contributed by atoms with van der Waals surface area (Å²) in [6.45, 7) is 0. The van der Waals surface area contributed by atoms with Gasteiger partial charge in [0.15, 0.2) is 4.67 Å². The predicted octanol–water partition coefficient (Wildman–Crippen LogP) is 1.96. The third kappa shape index (κ3) is 2.07. The summed E-state index contributed by atoms with van der Waals surface area (Å²) >= 11 is 3.15. The molecule has 0 aliphatic heterocycles. The Morgan fingerprint density at radius 2 is 2.45 bits per heavy atom. The summed E-state index contributed by atoms with van der Waals surface area (Å²) in [5.41, 5.74) is 5.58. The molecule has 1 aromatic rings. The summed E-state index contributed by atoms with van der Waals surface area (Å²) in [7, 11) is 0. The van der Waals surface area contributed by atoms with E-state index in [1.165, 1.54) is 0 Å². The van der Waals surface area contributed by atoms with Crippen molar-refractivity contribution in [2.45, 2.75) is 12.5 Å². The zero-order valence-corrected chi connectivity index (χ0v) is 7.34. The Morgan fingerprint density at radius 1 is 1.73 bits per heavy atom. The van der Waals surface area contributed by atoms with Crippen LogP contribution < -0.4 is 5.73 Å². The second kappa shape index (κ2) is 3.56. The average molecular weight is 215 g/mol. The Kier molecular flexibility index (Phi) is 2.69. The molecule has 2 N–H and O–H groups in total. The van der Waals surface area contributed by atoms with Crippen LogP contribution in [0.1, 0.15) is 18.2 Å². The molecule has 0 saturated heterocycles. The lowest BCUT2D eigenvalue weighted by atomic mass is 10.2. The van der Waals surface area contributed by atoms with E-state index in [0.29, 0.717) is 10.4 Å². The molecule has 0 radical (unpaired) electrons. The van der Waals surface area contributed by atoms with E-state index in [1.54, 1.807) is 12.1 Å². The fraction of sp³-hybridized carbons (Fsp3) is 0.286. The van der Waals surface area contributed by atoms with Gasteiger partial charge in [0.1, 0.15) is 5.76 Å². The first kappa shape index (κ1) is 8.31. The van der Waals surface area contributed by atoms with E-state index < -0.39 is 0 Å². The van der Waals surface area contributed by atoms with Crippen LogP contribution in [-0.2, 0) is 0 Å². The Bertz CT molecular complexity index is 276. The number of nitrogens with zero attached hydrogens (tertiary/aromatic N) is 1. The highest BCUT2D eigenvalue weighted by molar-refractivity contribution is 9.10. The van der Waals surface area contributed by atoms with Gasteiger partial charge in [-0.1, -0.05) is 0 Å². The van der Waals surface area contributed by atoms with Crippen LogP contribution in [-0.4, -0.2) is 0 Å². The van der Waals surface area contributed by atoms with E-state index in [2.05, 4.69) is 15.9 Å². The maximum Gasteiger partial charge on any atom is 0.169 e. The monoisotopic (exact) mass is 214 g/mol. The van der Waals surface area contributed by atoms with Crippen LogP contribution in [0, 0.1) is 11.3 Å². The molecule has 0 bridgehead atoms. The van der Waals surface area contributed by atoms with Gasteiger partial charge >= 0.3 is 0 Å². The van der Waals surface area contributed by atoms with Crippen molar-refractivity contribution in [2.75, 3.05) is 0 Å². The highest BCUT2D eigenvalue weighted by Crippen LogP contribution is 2.20. The predicted molar refractivity (Wildman–Crippen MR) is 43.6 cm³/mol. The molecule has 1 atom stereocenters. The van der Waals surface area contributed by atoms with Gasteiger partial charge in [-0.25, -0.2) is 0 Å². The lowest BCUT2D eigenvalue weighted by molar-refractivity contribution is 0.452. The number of rotatable bonds is 2. The minimum Gasteiger partial charge on any atom is -0.453 e. The molecule has 1 rings (SSSR count). The van der Waals surface area contributed by atoms with Crippen LogP contribution in [0.5, 0.6) is 0 Å². The number of halogens is 1. The molecule has 4 heteroatoms. The van der Waals surface area contributed by atoms with Gasteiger partial charge in [-0.2, -0.15) is 5.26 Å². The summed E-state index contributed by atoms with van der Waals surface area (Å²) < 4.78 is 5.78. The molecule has 0 amide bonds. The van der Waals surface area contributed by atoms with Gasteiger partial charge in [0, 0.05) is 0 Å². The largest absolute Gasteiger partial charge is 0.453 e. The van der Waals surface area contributed by atoms with E-state index >= 15 is 0 Å². The van der Waals surface area contributed by atoms with Gasteiger partial charge in [-0.3, -0.25) is 0 Å². The average Bonchev–Trinajstić information content (AvgIpc) is 2.36. The summed E-state index contributed by atoms with van der Waals surface area (Å²) in [5.74, 6) is 0.637. The molecule has 3 nitrogen and oxygen atoms in total. The molecule has 0 aliphatic rings. The maximum atomic E-state index is 8.32. The van der Waals surface area contributed by atoms with Crippen molar-refractivity contribution in [2.24, 2.45) is 5.73 Å². The van der Waals surface area contributed by atoms with Crippen LogP contribution in [0.2, 0.25) is 0 Å². The highest BCUT2D eigenvalue weighted by atomic mass is 79.9. The Hall–Kier alpha value is -0.790. The third-order valence-electron chi connectivity index (χ3n) is 1.27. The number of furan rings is 1. The Morgan fingerprint density at radius 3 is 2.91 bits per heavy atom. The molecule has 0 fully saturated rings. The summed E-state index contributed by atoms with van der Waals surface area (Å²) in [5, 5.41) is 8.32. The lowest BCUT2D eigenvalue weighted by Crippen LogP contribution is -2.07. The molecule has 0 spiro atoms. The number of hydrogen-bond donors (Lipinski definition) is 1. The van der Waals surface area contributed by atoms with Crippen molar-refractivity contribution in [1.29, 1.82) is 5.26 Å². The molecule has 0 aromatic carbocycles. The zero-order valence-electron chi connectivity index (χ0n) is 5.75. The van der Waals surface area contributed by atoms with Gasteiger partial charge < -0.3 is 10.2 Å². The molecule has 11 heavy (non-hydrogen) atoms. The molecule has 1 heterocycles. The second-order valence-corrected chi connectivity index (χ2v) is 2.89. The van der Waals surface area contributed by atoms with Crippen LogP contribution in [0.4, 0.5) is 0 Å². The fourth-order valence-corrected chi connectivity index (χ4v) is 1.05.